The molecule has 5 heteroatoms. The van der Waals surface area contributed by atoms with Crippen LogP contribution in [0, 0.1) is 0 Å². The molecule has 0 aliphatic heterocycles. The molecule has 21 heavy (non-hydrogen) atoms. The first-order valence-corrected chi connectivity index (χ1v) is 7.31. The molecule has 1 aromatic carbocycles. The molecule has 0 radical (unpaired) electrons. The third-order valence-corrected chi connectivity index (χ3v) is 3.46. The van der Waals surface area contributed by atoms with Crippen LogP contribution in [0.25, 0.3) is 0 Å². The van der Waals surface area contributed by atoms with E-state index in [9.17, 15) is 4.79 Å². The number of primary amides is 1. The highest BCUT2D eigenvalue weighted by Crippen LogP contribution is 2.29. The number of aryl methyl sites for hydroxylation is 1. The average Bonchev–Trinajstić information content (AvgIpc) is 2.50. The van der Waals surface area contributed by atoms with Crippen LogP contribution in [0.4, 0.5) is 0 Å². The van der Waals surface area contributed by atoms with Gasteiger partial charge < -0.3 is 20.5 Å². The zero-order valence-electron chi connectivity index (χ0n) is 13.4. The lowest BCUT2D eigenvalue weighted by atomic mass is 10.0. The van der Waals surface area contributed by atoms with E-state index in [4.69, 9.17) is 15.2 Å². The maximum absolute atomic E-state index is 11.7. The van der Waals surface area contributed by atoms with Crippen molar-refractivity contribution in [3.8, 4) is 11.5 Å². The Morgan fingerprint density at radius 2 is 2.05 bits per heavy atom. The van der Waals surface area contributed by atoms with Crippen LogP contribution in [0.3, 0.4) is 0 Å². The van der Waals surface area contributed by atoms with Gasteiger partial charge in [-0.3, -0.25) is 4.79 Å². The van der Waals surface area contributed by atoms with Gasteiger partial charge in [0, 0.05) is 0 Å². The fourth-order valence-corrected chi connectivity index (χ4v) is 1.88. The van der Waals surface area contributed by atoms with Gasteiger partial charge in [-0.2, -0.15) is 0 Å². The lowest BCUT2D eigenvalue weighted by Gasteiger charge is -2.27. The zero-order chi connectivity index (χ0) is 15.9. The molecule has 1 rings (SSSR count). The molecule has 1 atom stereocenters. The zero-order valence-corrected chi connectivity index (χ0v) is 13.4. The van der Waals surface area contributed by atoms with Gasteiger partial charge in [0.1, 0.15) is 12.1 Å². The van der Waals surface area contributed by atoms with E-state index in [1.165, 1.54) is 5.56 Å². The van der Waals surface area contributed by atoms with E-state index in [-0.39, 0.29) is 6.61 Å². The summed E-state index contributed by atoms with van der Waals surface area (Å²) in [6.45, 7) is 6.71. The van der Waals surface area contributed by atoms with Crippen molar-refractivity contribution in [2.24, 2.45) is 5.73 Å². The van der Waals surface area contributed by atoms with Crippen LogP contribution in [0.2, 0.25) is 0 Å². The average molecular weight is 294 g/mol. The number of rotatable bonds is 9. The second kappa shape index (κ2) is 7.88. The van der Waals surface area contributed by atoms with Crippen LogP contribution in [0.5, 0.6) is 11.5 Å². The Morgan fingerprint density at radius 1 is 1.33 bits per heavy atom. The number of hydrogen-bond donors (Lipinski definition) is 2. The van der Waals surface area contributed by atoms with Crippen molar-refractivity contribution in [3.05, 3.63) is 23.8 Å². The van der Waals surface area contributed by atoms with Crippen molar-refractivity contribution in [3.63, 3.8) is 0 Å². The van der Waals surface area contributed by atoms with Gasteiger partial charge in [0.25, 0.3) is 0 Å². The largest absolute Gasteiger partial charge is 0.493 e. The number of carbonyl (C=O) groups is 1. The van der Waals surface area contributed by atoms with Crippen LogP contribution in [-0.2, 0) is 11.2 Å². The second-order valence-electron chi connectivity index (χ2n) is 5.25. The summed E-state index contributed by atoms with van der Waals surface area (Å²) < 4.78 is 11.1. The van der Waals surface area contributed by atoms with Crippen LogP contribution in [0.15, 0.2) is 18.2 Å². The molecular weight excluding hydrogens is 268 g/mol. The van der Waals surface area contributed by atoms with Gasteiger partial charge in [-0.15, -0.1) is 0 Å². The monoisotopic (exact) mass is 294 g/mol. The Balaban J connectivity index is 2.82. The number of hydrogen-bond acceptors (Lipinski definition) is 4. The fraction of sp³-hybridized carbons (Fsp3) is 0.562. The Bertz CT molecular complexity index is 477. The first-order chi connectivity index (χ1) is 9.96. The molecule has 1 aromatic rings. The van der Waals surface area contributed by atoms with Crippen LogP contribution < -0.4 is 20.5 Å². The molecule has 1 unspecified atom stereocenters. The summed E-state index contributed by atoms with van der Waals surface area (Å²) in [6.07, 6.45) is 1.84. The van der Waals surface area contributed by atoms with Crippen molar-refractivity contribution in [1.29, 1.82) is 0 Å². The molecule has 0 aliphatic carbocycles. The Labute approximate surface area is 126 Å². The van der Waals surface area contributed by atoms with Gasteiger partial charge >= 0.3 is 0 Å². The number of benzene rings is 1. The molecule has 0 spiro atoms. The molecule has 118 valence electrons. The molecule has 0 aliphatic rings. The Kier molecular flexibility index (Phi) is 6.49. The smallest absolute Gasteiger partial charge is 0.240 e. The third kappa shape index (κ3) is 4.63. The van der Waals surface area contributed by atoms with Gasteiger partial charge in [-0.05, 0) is 44.0 Å². The van der Waals surface area contributed by atoms with E-state index < -0.39 is 11.4 Å². The number of carbonyl (C=O) groups excluding carboxylic acids is 1. The minimum absolute atomic E-state index is 0.157. The van der Waals surface area contributed by atoms with Crippen LogP contribution >= 0.6 is 0 Å². The SMILES string of the molecule is CCCNC(C)(COc1ccc(CC)cc1OC)C(N)=O. The fourth-order valence-electron chi connectivity index (χ4n) is 1.88. The van der Waals surface area contributed by atoms with Gasteiger partial charge in [0.2, 0.25) is 5.91 Å². The lowest BCUT2D eigenvalue weighted by Crippen LogP contribution is -2.57. The predicted molar refractivity (Wildman–Crippen MR) is 83.8 cm³/mol. The standard InChI is InChI=1S/C16H26N2O3/c1-5-9-18-16(3,15(17)19)11-21-13-8-7-12(6-2)10-14(13)20-4/h7-8,10,18H,5-6,9,11H2,1-4H3,(H2,17,19). The van der Waals surface area contributed by atoms with Crippen molar-refractivity contribution < 1.29 is 14.3 Å². The molecule has 0 aromatic heterocycles. The highest BCUT2D eigenvalue weighted by Gasteiger charge is 2.31. The maximum atomic E-state index is 11.7. The van der Waals surface area contributed by atoms with Crippen molar-refractivity contribution in [2.45, 2.75) is 39.2 Å². The molecule has 0 saturated carbocycles. The molecule has 0 heterocycles. The Hall–Kier alpha value is -1.75. The summed E-state index contributed by atoms with van der Waals surface area (Å²) in [5.41, 5.74) is 5.75. The third-order valence-electron chi connectivity index (χ3n) is 3.46. The normalized spacial score (nSPS) is 13.5. The minimum Gasteiger partial charge on any atom is -0.493 e. The van der Waals surface area contributed by atoms with Gasteiger partial charge in [0.05, 0.1) is 7.11 Å². The molecule has 3 N–H and O–H groups in total. The Morgan fingerprint density at radius 3 is 2.57 bits per heavy atom. The van der Waals surface area contributed by atoms with E-state index in [2.05, 4.69) is 12.2 Å². The molecule has 0 fully saturated rings. The molecule has 1 amide bonds. The predicted octanol–water partition coefficient (Wildman–Crippen LogP) is 1.88. The molecular formula is C16H26N2O3. The lowest BCUT2D eigenvalue weighted by molar-refractivity contribution is -0.125. The highest BCUT2D eigenvalue weighted by molar-refractivity contribution is 5.84. The van der Waals surface area contributed by atoms with Gasteiger partial charge in [0.15, 0.2) is 11.5 Å². The van der Waals surface area contributed by atoms with Crippen molar-refractivity contribution in [1.82, 2.24) is 5.32 Å². The maximum Gasteiger partial charge on any atom is 0.240 e. The highest BCUT2D eigenvalue weighted by atomic mass is 16.5. The van der Waals surface area contributed by atoms with Crippen LogP contribution in [-0.4, -0.2) is 31.7 Å². The van der Waals surface area contributed by atoms with E-state index in [0.717, 1.165) is 12.8 Å². The van der Waals surface area contributed by atoms with E-state index in [1.807, 2.05) is 25.1 Å². The van der Waals surface area contributed by atoms with E-state index >= 15 is 0 Å². The number of methoxy groups -OCH3 is 1. The summed E-state index contributed by atoms with van der Waals surface area (Å²) in [4.78, 5) is 11.7. The van der Waals surface area contributed by atoms with Crippen LogP contribution in [0.1, 0.15) is 32.8 Å². The summed E-state index contributed by atoms with van der Waals surface area (Å²) in [5.74, 6) is 0.845. The summed E-state index contributed by atoms with van der Waals surface area (Å²) >= 11 is 0. The first-order valence-electron chi connectivity index (χ1n) is 7.31. The summed E-state index contributed by atoms with van der Waals surface area (Å²) in [5, 5.41) is 3.14. The van der Waals surface area contributed by atoms with Gasteiger partial charge in [-0.1, -0.05) is 19.9 Å². The van der Waals surface area contributed by atoms with Crippen molar-refractivity contribution >= 4 is 5.91 Å². The topological polar surface area (TPSA) is 73.6 Å². The summed E-state index contributed by atoms with van der Waals surface area (Å²) in [7, 11) is 1.60. The van der Waals surface area contributed by atoms with Crippen molar-refractivity contribution in [2.75, 3.05) is 20.3 Å². The molecule has 5 nitrogen and oxygen atoms in total. The number of amides is 1. The van der Waals surface area contributed by atoms with E-state index in [0.29, 0.717) is 18.0 Å². The first kappa shape index (κ1) is 17.3. The number of nitrogens with two attached hydrogens (primary N) is 1. The minimum atomic E-state index is -0.898. The van der Waals surface area contributed by atoms with E-state index in [1.54, 1.807) is 14.0 Å². The summed E-state index contributed by atoms with van der Waals surface area (Å²) in [6, 6.07) is 5.79. The molecule has 0 saturated heterocycles. The quantitative estimate of drug-likeness (QED) is 0.729. The molecule has 0 bridgehead atoms. The number of ether oxygens (including phenoxy) is 2. The van der Waals surface area contributed by atoms with Gasteiger partial charge in [-0.25, -0.2) is 0 Å². The number of nitrogens with one attached hydrogen (secondary N) is 1. The second-order valence-corrected chi connectivity index (χ2v) is 5.25.